The number of ketones is 1. The minimum atomic E-state index is -3.58. The van der Waals surface area contributed by atoms with Crippen LogP contribution in [0.1, 0.15) is 35.2 Å². The van der Waals surface area contributed by atoms with Crippen molar-refractivity contribution in [2.75, 3.05) is 23.7 Å². The molecule has 0 atom stereocenters. The number of hydrogen-bond donors (Lipinski definition) is 3. The summed E-state index contributed by atoms with van der Waals surface area (Å²) in [4.78, 5) is 21.8. The summed E-state index contributed by atoms with van der Waals surface area (Å²) in [5.41, 5.74) is 4.24. The molecular formula is C29H29N5O3S. The molecule has 1 aliphatic rings. The van der Waals surface area contributed by atoms with Gasteiger partial charge in [-0.3, -0.25) is 4.79 Å². The number of anilines is 3. The predicted molar refractivity (Wildman–Crippen MR) is 149 cm³/mol. The van der Waals surface area contributed by atoms with E-state index in [1.54, 1.807) is 30.5 Å². The molecule has 4 aromatic rings. The lowest BCUT2D eigenvalue weighted by atomic mass is 10.0. The third-order valence-electron chi connectivity index (χ3n) is 6.38. The van der Waals surface area contributed by atoms with Gasteiger partial charge >= 0.3 is 0 Å². The van der Waals surface area contributed by atoms with Crippen LogP contribution >= 0.6 is 0 Å². The Kier molecular flexibility index (Phi) is 7.76. The van der Waals surface area contributed by atoms with E-state index in [0.717, 1.165) is 28.7 Å². The highest BCUT2D eigenvalue weighted by atomic mass is 32.2. The third kappa shape index (κ3) is 6.24. The van der Waals surface area contributed by atoms with Crippen LogP contribution in [0, 0.1) is 0 Å². The number of nitrogens with one attached hydrogen (secondary N) is 3. The third-order valence-corrected chi connectivity index (χ3v) is 7.84. The van der Waals surface area contributed by atoms with Crippen molar-refractivity contribution >= 4 is 33.3 Å². The van der Waals surface area contributed by atoms with Crippen LogP contribution in [0.4, 0.5) is 17.5 Å². The molecule has 38 heavy (non-hydrogen) atoms. The van der Waals surface area contributed by atoms with Crippen LogP contribution in [0.2, 0.25) is 0 Å². The molecule has 0 saturated carbocycles. The number of carbonyl (C=O) groups excluding carboxylic acids is 1. The van der Waals surface area contributed by atoms with Gasteiger partial charge in [-0.25, -0.2) is 18.1 Å². The maximum atomic E-state index is 12.6. The van der Waals surface area contributed by atoms with Crippen molar-refractivity contribution in [1.29, 1.82) is 0 Å². The highest BCUT2D eigenvalue weighted by Crippen LogP contribution is 2.29. The Hall–Kier alpha value is -4.08. The van der Waals surface area contributed by atoms with Gasteiger partial charge in [0.25, 0.3) is 0 Å². The Balaban J connectivity index is 1.35. The number of hydrogen-bond acceptors (Lipinski definition) is 7. The highest BCUT2D eigenvalue weighted by molar-refractivity contribution is 7.89. The molecule has 4 bridgehead atoms. The SMILES string of the molecule is O=C(CCc1ccc(-c2cnc3nc2NCCCCNS(=O)(=O)c2cccc(c2)N3)cc1)c1ccccc1. The summed E-state index contributed by atoms with van der Waals surface area (Å²) in [6.45, 7) is 0.994. The van der Waals surface area contributed by atoms with Gasteiger partial charge in [-0.1, -0.05) is 60.7 Å². The van der Waals surface area contributed by atoms with E-state index in [0.29, 0.717) is 49.8 Å². The molecule has 9 heteroatoms. The van der Waals surface area contributed by atoms with Crippen LogP contribution in [0.3, 0.4) is 0 Å². The van der Waals surface area contributed by atoms with Crippen molar-refractivity contribution in [3.63, 3.8) is 0 Å². The Bertz CT molecular complexity index is 1520. The molecule has 0 unspecified atom stereocenters. The molecule has 8 nitrogen and oxygen atoms in total. The monoisotopic (exact) mass is 527 g/mol. The molecule has 0 fully saturated rings. The van der Waals surface area contributed by atoms with Crippen LogP contribution in [0.15, 0.2) is 90.0 Å². The standard InChI is InChI=1S/C29H29N5O3S/c35-27(23-7-2-1-3-8-23)16-13-21-11-14-22(15-12-21)26-20-31-29-33-24-9-6-10-25(19-24)38(36,37)32-18-5-4-17-30-28(26)34-29/h1-3,6-12,14-15,19-20,32H,4-5,13,16-18H2,(H2,30,31,33,34). The number of nitrogens with zero attached hydrogens (tertiary/aromatic N) is 2. The van der Waals surface area contributed by atoms with Crippen molar-refractivity contribution < 1.29 is 13.2 Å². The topological polar surface area (TPSA) is 113 Å². The summed E-state index contributed by atoms with van der Waals surface area (Å²) in [6, 6.07) is 24.1. The van der Waals surface area contributed by atoms with Crippen LogP contribution in [0.5, 0.6) is 0 Å². The largest absolute Gasteiger partial charge is 0.369 e. The minimum absolute atomic E-state index is 0.135. The summed E-state index contributed by atoms with van der Waals surface area (Å²) >= 11 is 0. The summed E-state index contributed by atoms with van der Waals surface area (Å²) in [5, 5.41) is 6.51. The van der Waals surface area contributed by atoms with E-state index in [-0.39, 0.29) is 10.7 Å². The van der Waals surface area contributed by atoms with E-state index in [1.807, 2.05) is 54.6 Å². The van der Waals surface area contributed by atoms with Crippen molar-refractivity contribution in [3.05, 3.63) is 96.2 Å². The smallest absolute Gasteiger partial charge is 0.240 e. The van der Waals surface area contributed by atoms with Crippen molar-refractivity contribution in [1.82, 2.24) is 14.7 Å². The van der Waals surface area contributed by atoms with Crippen LogP contribution in [0.25, 0.3) is 11.1 Å². The van der Waals surface area contributed by atoms with Gasteiger partial charge in [-0.15, -0.1) is 0 Å². The van der Waals surface area contributed by atoms with Gasteiger partial charge in [0.2, 0.25) is 16.0 Å². The number of benzene rings is 3. The zero-order valence-corrected chi connectivity index (χ0v) is 21.7. The first kappa shape index (κ1) is 25.6. The van der Waals surface area contributed by atoms with E-state index in [4.69, 9.17) is 4.98 Å². The van der Waals surface area contributed by atoms with Crippen LogP contribution in [-0.2, 0) is 16.4 Å². The van der Waals surface area contributed by atoms with Gasteiger partial charge in [-0.05, 0) is 48.6 Å². The molecular weight excluding hydrogens is 498 g/mol. The first-order valence-corrected chi connectivity index (χ1v) is 14.1. The zero-order valence-electron chi connectivity index (χ0n) is 20.9. The Morgan fingerprint density at radius 2 is 1.68 bits per heavy atom. The number of fused-ring (bicyclic) bond motifs is 4. The number of rotatable bonds is 5. The van der Waals surface area contributed by atoms with Crippen molar-refractivity contribution in [2.45, 2.75) is 30.6 Å². The summed E-state index contributed by atoms with van der Waals surface area (Å²) in [5.74, 6) is 1.20. The summed E-state index contributed by atoms with van der Waals surface area (Å²) in [7, 11) is -3.58. The average Bonchev–Trinajstić information content (AvgIpc) is 2.94. The maximum Gasteiger partial charge on any atom is 0.240 e. The van der Waals surface area contributed by atoms with Crippen LogP contribution < -0.4 is 15.4 Å². The molecule has 0 amide bonds. The first-order valence-electron chi connectivity index (χ1n) is 12.6. The maximum absolute atomic E-state index is 12.6. The molecule has 0 aliphatic carbocycles. The van der Waals surface area contributed by atoms with Gasteiger partial charge in [-0.2, -0.15) is 4.98 Å². The Morgan fingerprint density at radius 3 is 2.50 bits per heavy atom. The number of aryl methyl sites for hydroxylation is 1. The van der Waals surface area contributed by atoms with Crippen LogP contribution in [-0.4, -0.2) is 37.3 Å². The zero-order chi connectivity index (χ0) is 26.4. The lowest BCUT2D eigenvalue weighted by Gasteiger charge is -2.15. The second-order valence-corrected chi connectivity index (χ2v) is 10.9. The summed E-state index contributed by atoms with van der Waals surface area (Å²) in [6.07, 6.45) is 4.34. The van der Waals surface area contributed by atoms with Crippen molar-refractivity contribution in [3.8, 4) is 11.1 Å². The average molecular weight is 528 g/mol. The van der Waals surface area contributed by atoms with Gasteiger partial charge in [0, 0.05) is 42.5 Å². The van der Waals surface area contributed by atoms with Gasteiger partial charge in [0.05, 0.1) is 4.90 Å². The quantitative estimate of drug-likeness (QED) is 0.306. The second kappa shape index (κ2) is 11.5. The molecule has 2 heterocycles. The number of aromatic nitrogens is 2. The molecule has 1 aliphatic heterocycles. The van der Waals surface area contributed by atoms with E-state index in [1.165, 1.54) is 0 Å². The molecule has 3 N–H and O–H groups in total. The second-order valence-electron chi connectivity index (χ2n) is 9.13. The van der Waals surface area contributed by atoms with E-state index in [9.17, 15) is 13.2 Å². The molecule has 0 radical (unpaired) electrons. The molecule has 3 aromatic carbocycles. The van der Waals surface area contributed by atoms with E-state index >= 15 is 0 Å². The lowest BCUT2D eigenvalue weighted by Crippen LogP contribution is -2.25. The number of Topliss-reactive ketones (excluding diaryl/α,β-unsaturated/α-hetero) is 1. The normalized spacial score (nSPS) is 14.9. The fourth-order valence-corrected chi connectivity index (χ4v) is 5.40. The molecule has 194 valence electrons. The first-order chi connectivity index (χ1) is 18.5. The van der Waals surface area contributed by atoms with E-state index in [2.05, 4.69) is 20.3 Å². The molecule has 1 aromatic heterocycles. The minimum Gasteiger partial charge on any atom is -0.369 e. The molecule has 0 saturated heterocycles. The van der Waals surface area contributed by atoms with Gasteiger partial charge in [0.1, 0.15) is 5.82 Å². The highest BCUT2D eigenvalue weighted by Gasteiger charge is 2.16. The van der Waals surface area contributed by atoms with Crippen molar-refractivity contribution in [2.24, 2.45) is 0 Å². The lowest BCUT2D eigenvalue weighted by molar-refractivity contribution is 0.0983. The van der Waals surface area contributed by atoms with Gasteiger partial charge < -0.3 is 10.6 Å². The van der Waals surface area contributed by atoms with E-state index < -0.39 is 10.0 Å². The molecule has 5 rings (SSSR count). The number of carbonyl (C=O) groups is 1. The summed E-state index contributed by atoms with van der Waals surface area (Å²) < 4.78 is 27.8. The van der Waals surface area contributed by atoms with Gasteiger partial charge in [0.15, 0.2) is 5.78 Å². The predicted octanol–water partition coefficient (Wildman–Crippen LogP) is 5.19. The Labute approximate surface area is 222 Å². The fourth-order valence-electron chi connectivity index (χ4n) is 4.28. The fraction of sp³-hybridized carbons (Fsp3) is 0.207. The number of sulfonamides is 1. The molecule has 0 spiro atoms. The Morgan fingerprint density at radius 1 is 0.895 bits per heavy atom.